The quantitative estimate of drug-likeness (QED) is 0.862. The lowest BCUT2D eigenvalue weighted by Crippen LogP contribution is -2.15. The minimum atomic E-state index is -0.447. The van der Waals surface area contributed by atoms with Gasteiger partial charge in [0.05, 0.1) is 6.04 Å². The van der Waals surface area contributed by atoms with Crippen LogP contribution in [0.25, 0.3) is 0 Å². The van der Waals surface area contributed by atoms with E-state index >= 15 is 0 Å². The Balaban J connectivity index is 2.52. The Morgan fingerprint density at radius 1 is 0.947 bits per heavy atom. The molecule has 0 saturated carbocycles. The van der Waals surface area contributed by atoms with Gasteiger partial charge in [-0.3, -0.25) is 0 Å². The van der Waals surface area contributed by atoms with Crippen LogP contribution in [0.3, 0.4) is 0 Å². The normalized spacial score (nSPS) is 12.5. The van der Waals surface area contributed by atoms with Gasteiger partial charge in [0, 0.05) is 10.0 Å². The maximum absolute atomic E-state index is 13.9. The average molecular weight is 322 g/mol. The second kappa shape index (κ2) is 5.43. The van der Waals surface area contributed by atoms with Crippen molar-refractivity contribution in [3.8, 4) is 0 Å². The molecule has 1 unspecified atom stereocenters. The summed E-state index contributed by atoms with van der Waals surface area (Å²) in [6, 6.07) is 8.57. The van der Waals surface area contributed by atoms with E-state index in [0.717, 1.165) is 15.6 Å². The topological polar surface area (TPSA) is 26.0 Å². The summed E-state index contributed by atoms with van der Waals surface area (Å²) < 4.78 is 14.8. The van der Waals surface area contributed by atoms with E-state index in [4.69, 9.17) is 5.73 Å². The van der Waals surface area contributed by atoms with Gasteiger partial charge in [0.2, 0.25) is 0 Å². The summed E-state index contributed by atoms with van der Waals surface area (Å²) in [4.78, 5) is 0. The highest BCUT2D eigenvalue weighted by molar-refractivity contribution is 9.10. The third kappa shape index (κ3) is 2.88. The fraction of sp³-hybridized carbons (Fsp3) is 0.250. The van der Waals surface area contributed by atoms with E-state index in [1.807, 2.05) is 13.8 Å². The lowest BCUT2D eigenvalue weighted by Gasteiger charge is -2.18. The van der Waals surface area contributed by atoms with Crippen LogP contribution in [0.15, 0.2) is 34.8 Å². The van der Waals surface area contributed by atoms with E-state index < -0.39 is 6.04 Å². The lowest BCUT2D eigenvalue weighted by molar-refractivity contribution is 0.598. The van der Waals surface area contributed by atoms with E-state index in [2.05, 4.69) is 35.0 Å². The van der Waals surface area contributed by atoms with Crippen LogP contribution in [0.4, 0.5) is 4.39 Å². The molecule has 0 amide bonds. The zero-order valence-electron chi connectivity index (χ0n) is 11.3. The van der Waals surface area contributed by atoms with E-state index in [1.54, 1.807) is 12.1 Å². The summed E-state index contributed by atoms with van der Waals surface area (Å²) in [5.41, 5.74) is 11.2. The molecule has 0 spiro atoms. The number of benzene rings is 2. The Kier molecular flexibility index (Phi) is 4.07. The highest BCUT2D eigenvalue weighted by atomic mass is 79.9. The Morgan fingerprint density at radius 2 is 1.58 bits per heavy atom. The molecule has 100 valence electrons. The lowest BCUT2D eigenvalue weighted by atomic mass is 9.92. The molecule has 3 heteroatoms. The van der Waals surface area contributed by atoms with Crippen LogP contribution >= 0.6 is 15.9 Å². The summed E-state index contributed by atoms with van der Waals surface area (Å²) in [7, 11) is 0. The fourth-order valence-electron chi connectivity index (χ4n) is 2.24. The predicted octanol–water partition coefficient (Wildman–Crippen LogP) is 4.56. The summed E-state index contributed by atoms with van der Waals surface area (Å²) in [6.07, 6.45) is 0. The number of hydrogen-bond donors (Lipinski definition) is 1. The molecule has 0 aromatic heterocycles. The SMILES string of the molecule is Cc1cc(C)c(C(N)c2cc(Br)ccc2F)cc1C. The Morgan fingerprint density at radius 3 is 2.26 bits per heavy atom. The maximum Gasteiger partial charge on any atom is 0.128 e. The molecule has 19 heavy (non-hydrogen) atoms. The van der Waals surface area contributed by atoms with Gasteiger partial charge in [0.25, 0.3) is 0 Å². The van der Waals surface area contributed by atoms with Crippen LogP contribution in [-0.2, 0) is 0 Å². The van der Waals surface area contributed by atoms with Gasteiger partial charge in [-0.2, -0.15) is 0 Å². The van der Waals surface area contributed by atoms with Gasteiger partial charge in [0.15, 0.2) is 0 Å². The van der Waals surface area contributed by atoms with Crippen molar-refractivity contribution in [3.05, 3.63) is 68.4 Å². The molecule has 0 saturated heterocycles. The van der Waals surface area contributed by atoms with Gasteiger partial charge < -0.3 is 5.73 Å². The molecule has 2 N–H and O–H groups in total. The first kappa shape index (κ1) is 14.2. The van der Waals surface area contributed by atoms with E-state index in [-0.39, 0.29) is 5.82 Å². The van der Waals surface area contributed by atoms with Gasteiger partial charge in [-0.05, 0) is 61.2 Å². The molecule has 1 nitrogen and oxygen atoms in total. The van der Waals surface area contributed by atoms with Crippen LogP contribution < -0.4 is 5.73 Å². The minimum absolute atomic E-state index is 0.270. The number of hydrogen-bond acceptors (Lipinski definition) is 1. The van der Waals surface area contributed by atoms with Gasteiger partial charge in [-0.15, -0.1) is 0 Å². The van der Waals surface area contributed by atoms with Crippen molar-refractivity contribution in [2.45, 2.75) is 26.8 Å². The van der Waals surface area contributed by atoms with Crippen molar-refractivity contribution in [3.63, 3.8) is 0 Å². The van der Waals surface area contributed by atoms with Crippen LogP contribution in [0, 0.1) is 26.6 Å². The second-order valence-electron chi connectivity index (χ2n) is 4.94. The summed E-state index contributed by atoms with van der Waals surface area (Å²) in [6.45, 7) is 6.12. The van der Waals surface area contributed by atoms with Crippen LogP contribution in [0.1, 0.15) is 33.9 Å². The van der Waals surface area contributed by atoms with Gasteiger partial charge >= 0.3 is 0 Å². The van der Waals surface area contributed by atoms with Crippen molar-refractivity contribution in [1.29, 1.82) is 0 Å². The van der Waals surface area contributed by atoms with Crippen molar-refractivity contribution < 1.29 is 4.39 Å². The standard InChI is InChI=1S/C16H17BrFN/c1-9-6-11(3)13(7-10(9)2)16(19)14-8-12(17)4-5-15(14)18/h4-8,16H,19H2,1-3H3. The number of aryl methyl sites for hydroxylation is 3. The zero-order valence-corrected chi connectivity index (χ0v) is 12.9. The third-order valence-corrected chi connectivity index (χ3v) is 4.00. The summed E-state index contributed by atoms with van der Waals surface area (Å²) >= 11 is 3.36. The highest BCUT2D eigenvalue weighted by Crippen LogP contribution is 2.28. The molecule has 0 radical (unpaired) electrons. The van der Waals surface area contributed by atoms with Crippen molar-refractivity contribution in [2.24, 2.45) is 5.73 Å². The van der Waals surface area contributed by atoms with Crippen molar-refractivity contribution in [1.82, 2.24) is 0 Å². The smallest absolute Gasteiger partial charge is 0.128 e. The first-order chi connectivity index (χ1) is 8.90. The van der Waals surface area contributed by atoms with Crippen molar-refractivity contribution in [2.75, 3.05) is 0 Å². The molecule has 0 aliphatic carbocycles. The van der Waals surface area contributed by atoms with Gasteiger partial charge in [-0.1, -0.05) is 28.1 Å². The first-order valence-electron chi connectivity index (χ1n) is 6.18. The number of nitrogens with two attached hydrogens (primary N) is 1. The zero-order chi connectivity index (χ0) is 14.2. The second-order valence-corrected chi connectivity index (χ2v) is 5.85. The molecule has 0 aliphatic rings. The van der Waals surface area contributed by atoms with E-state index in [1.165, 1.54) is 17.2 Å². The Labute approximate surface area is 121 Å². The fourth-order valence-corrected chi connectivity index (χ4v) is 2.62. The summed E-state index contributed by atoms with van der Waals surface area (Å²) in [5, 5.41) is 0. The largest absolute Gasteiger partial charge is 0.320 e. The third-order valence-electron chi connectivity index (χ3n) is 3.51. The predicted molar refractivity (Wildman–Crippen MR) is 80.8 cm³/mol. The van der Waals surface area contributed by atoms with Crippen LogP contribution in [-0.4, -0.2) is 0 Å². The van der Waals surface area contributed by atoms with Gasteiger partial charge in [0.1, 0.15) is 5.82 Å². The average Bonchev–Trinajstić information content (AvgIpc) is 2.36. The molecule has 0 fully saturated rings. The van der Waals surface area contributed by atoms with Crippen LogP contribution in [0.5, 0.6) is 0 Å². The molecule has 2 aromatic carbocycles. The Hall–Kier alpha value is -1.19. The molecule has 0 aliphatic heterocycles. The molecule has 1 atom stereocenters. The van der Waals surface area contributed by atoms with E-state index in [9.17, 15) is 4.39 Å². The van der Waals surface area contributed by atoms with Crippen molar-refractivity contribution >= 4 is 15.9 Å². The maximum atomic E-state index is 13.9. The minimum Gasteiger partial charge on any atom is -0.320 e. The molecule has 2 rings (SSSR count). The van der Waals surface area contributed by atoms with Gasteiger partial charge in [-0.25, -0.2) is 4.39 Å². The van der Waals surface area contributed by atoms with Crippen LogP contribution in [0.2, 0.25) is 0 Å². The summed E-state index contributed by atoms with van der Waals surface area (Å²) in [5.74, 6) is -0.270. The molecular formula is C16H17BrFN. The molecule has 2 aromatic rings. The highest BCUT2D eigenvalue weighted by Gasteiger charge is 2.16. The number of halogens is 2. The van der Waals surface area contributed by atoms with E-state index in [0.29, 0.717) is 5.56 Å². The molecule has 0 heterocycles. The Bertz CT molecular complexity index is 622. The first-order valence-corrected chi connectivity index (χ1v) is 6.97. The molecule has 0 bridgehead atoms. The number of rotatable bonds is 2. The molecular weight excluding hydrogens is 305 g/mol. The monoisotopic (exact) mass is 321 g/mol.